The molecule has 0 fully saturated rings. The van der Waals surface area contributed by atoms with Gasteiger partial charge < -0.3 is 10.3 Å². The zero-order valence-electron chi connectivity index (χ0n) is 12.0. The number of aryl methyl sites for hydroxylation is 1. The van der Waals surface area contributed by atoms with Gasteiger partial charge in [-0.1, -0.05) is 29.4 Å². The van der Waals surface area contributed by atoms with E-state index in [-0.39, 0.29) is 19.0 Å². The number of rotatable bonds is 5. The van der Waals surface area contributed by atoms with E-state index < -0.39 is 0 Å². The Morgan fingerprint density at radius 2 is 2.05 bits per heavy atom. The van der Waals surface area contributed by atoms with E-state index in [1.807, 2.05) is 0 Å². The Kier molecular flexibility index (Phi) is 6.13. The van der Waals surface area contributed by atoms with Crippen LogP contribution in [0.1, 0.15) is 35.8 Å². The van der Waals surface area contributed by atoms with Gasteiger partial charge in [0.1, 0.15) is 0 Å². The molecule has 5 nitrogen and oxygen atoms in total. The van der Waals surface area contributed by atoms with Gasteiger partial charge in [0.15, 0.2) is 5.82 Å². The molecule has 1 heterocycles. The molecule has 0 aliphatic rings. The van der Waals surface area contributed by atoms with Crippen molar-refractivity contribution in [2.24, 2.45) is 5.73 Å². The quantitative estimate of drug-likeness (QED) is 0.918. The highest BCUT2D eigenvalue weighted by atomic mass is 35.5. The molecule has 1 aromatic heterocycles. The number of halogens is 1. The molecule has 1 atom stereocenters. The molecule has 110 valence electrons. The van der Waals surface area contributed by atoms with Crippen molar-refractivity contribution >= 4 is 12.4 Å². The van der Waals surface area contributed by atoms with Crippen LogP contribution in [0.15, 0.2) is 28.8 Å². The highest BCUT2D eigenvalue weighted by Gasteiger charge is 2.16. The maximum Gasteiger partial charge on any atom is 0.240 e. The summed E-state index contributed by atoms with van der Waals surface area (Å²) in [7, 11) is 2.05. The third-order valence-electron chi connectivity index (χ3n) is 3.38. The molecule has 0 radical (unpaired) electrons. The largest absolute Gasteiger partial charge is 0.338 e. The van der Waals surface area contributed by atoms with E-state index in [4.69, 9.17) is 10.3 Å². The summed E-state index contributed by atoms with van der Waals surface area (Å²) in [5.74, 6) is 1.15. The molecular weight excluding hydrogens is 276 g/mol. The normalized spacial score (nSPS) is 12.2. The second-order valence-corrected chi connectivity index (χ2v) is 4.76. The smallest absolute Gasteiger partial charge is 0.240 e. The average molecular weight is 297 g/mol. The maximum atomic E-state index is 5.45. The lowest BCUT2D eigenvalue weighted by Crippen LogP contribution is -2.23. The number of benzene rings is 1. The first-order valence-electron chi connectivity index (χ1n) is 6.39. The minimum absolute atomic E-state index is 0. The van der Waals surface area contributed by atoms with Crippen LogP contribution in [0.25, 0.3) is 0 Å². The topological polar surface area (TPSA) is 68.2 Å². The molecule has 0 aliphatic carbocycles. The first kappa shape index (κ1) is 16.6. The molecule has 1 unspecified atom stereocenters. The molecule has 0 spiro atoms. The molecule has 6 heteroatoms. The van der Waals surface area contributed by atoms with E-state index in [9.17, 15) is 0 Å². The Bertz CT molecular complexity index is 543. The summed E-state index contributed by atoms with van der Waals surface area (Å²) in [5.41, 5.74) is 8.06. The van der Waals surface area contributed by atoms with Crippen molar-refractivity contribution in [3.05, 3.63) is 47.1 Å². The Morgan fingerprint density at radius 1 is 1.35 bits per heavy atom. The van der Waals surface area contributed by atoms with Crippen molar-refractivity contribution in [1.82, 2.24) is 15.0 Å². The van der Waals surface area contributed by atoms with Crippen molar-refractivity contribution in [1.29, 1.82) is 0 Å². The van der Waals surface area contributed by atoms with Crippen LogP contribution in [0.5, 0.6) is 0 Å². The predicted molar refractivity (Wildman–Crippen MR) is 80.5 cm³/mol. The summed E-state index contributed by atoms with van der Waals surface area (Å²) in [4.78, 5) is 6.41. The van der Waals surface area contributed by atoms with E-state index in [0.717, 1.165) is 0 Å². The van der Waals surface area contributed by atoms with Crippen LogP contribution in [0.4, 0.5) is 0 Å². The van der Waals surface area contributed by atoms with Crippen LogP contribution in [0, 0.1) is 6.92 Å². The lowest BCUT2D eigenvalue weighted by Gasteiger charge is -2.25. The van der Waals surface area contributed by atoms with E-state index in [1.54, 1.807) is 0 Å². The molecule has 0 bridgehead atoms. The van der Waals surface area contributed by atoms with Crippen LogP contribution < -0.4 is 5.73 Å². The van der Waals surface area contributed by atoms with Crippen LogP contribution >= 0.6 is 12.4 Å². The molecule has 2 rings (SSSR count). The molecule has 0 saturated carbocycles. The number of aromatic nitrogens is 2. The number of hydrogen-bond acceptors (Lipinski definition) is 5. The van der Waals surface area contributed by atoms with Gasteiger partial charge in [-0.25, -0.2) is 0 Å². The second kappa shape index (κ2) is 7.38. The van der Waals surface area contributed by atoms with Gasteiger partial charge in [-0.15, -0.1) is 12.4 Å². The van der Waals surface area contributed by atoms with Gasteiger partial charge in [-0.3, -0.25) is 4.90 Å². The van der Waals surface area contributed by atoms with Gasteiger partial charge in [-0.2, -0.15) is 4.98 Å². The highest BCUT2D eigenvalue weighted by molar-refractivity contribution is 5.85. The molecular formula is C14H21ClN4O. The third-order valence-corrected chi connectivity index (χ3v) is 3.38. The van der Waals surface area contributed by atoms with Gasteiger partial charge in [0, 0.05) is 6.04 Å². The van der Waals surface area contributed by atoms with Gasteiger partial charge in [0.25, 0.3) is 0 Å². The van der Waals surface area contributed by atoms with Crippen molar-refractivity contribution in [2.75, 3.05) is 7.05 Å². The summed E-state index contributed by atoms with van der Waals surface area (Å²) in [6.07, 6.45) is 0. The summed E-state index contributed by atoms with van der Waals surface area (Å²) in [5, 5.41) is 3.92. The zero-order chi connectivity index (χ0) is 13.8. The Morgan fingerprint density at radius 3 is 2.65 bits per heavy atom. The maximum absolute atomic E-state index is 5.45. The Labute approximate surface area is 125 Å². The van der Waals surface area contributed by atoms with Crippen molar-refractivity contribution in [3.8, 4) is 0 Å². The lowest BCUT2D eigenvalue weighted by atomic mass is 10.0. The number of hydrogen-bond donors (Lipinski definition) is 1. The van der Waals surface area contributed by atoms with E-state index in [0.29, 0.717) is 24.3 Å². The van der Waals surface area contributed by atoms with Crippen molar-refractivity contribution < 1.29 is 4.52 Å². The Hall–Kier alpha value is -1.43. The van der Waals surface area contributed by atoms with Gasteiger partial charge in [-0.05, 0) is 32.0 Å². The van der Waals surface area contributed by atoms with Crippen LogP contribution in [-0.2, 0) is 13.1 Å². The fourth-order valence-corrected chi connectivity index (χ4v) is 2.09. The van der Waals surface area contributed by atoms with E-state index in [2.05, 4.69) is 60.2 Å². The SMILES string of the molecule is Cc1ccccc1C(C)N(C)Cc1noc(CN)n1.Cl. The fourth-order valence-electron chi connectivity index (χ4n) is 2.09. The van der Waals surface area contributed by atoms with Gasteiger partial charge >= 0.3 is 0 Å². The van der Waals surface area contributed by atoms with Crippen LogP contribution in [-0.4, -0.2) is 22.1 Å². The number of nitrogens with two attached hydrogens (primary N) is 1. The van der Waals surface area contributed by atoms with Gasteiger partial charge in [0.2, 0.25) is 5.89 Å². The monoisotopic (exact) mass is 296 g/mol. The van der Waals surface area contributed by atoms with Crippen molar-refractivity contribution in [3.63, 3.8) is 0 Å². The molecule has 0 amide bonds. The Balaban J connectivity index is 0.00000200. The van der Waals surface area contributed by atoms with Crippen molar-refractivity contribution in [2.45, 2.75) is 33.0 Å². The van der Waals surface area contributed by atoms with Crippen LogP contribution in [0.3, 0.4) is 0 Å². The molecule has 0 saturated heterocycles. The van der Waals surface area contributed by atoms with E-state index in [1.165, 1.54) is 11.1 Å². The molecule has 1 aromatic carbocycles. The first-order chi connectivity index (χ1) is 9.11. The average Bonchev–Trinajstić information content (AvgIpc) is 2.86. The van der Waals surface area contributed by atoms with Gasteiger partial charge in [0.05, 0.1) is 13.1 Å². The first-order valence-corrected chi connectivity index (χ1v) is 6.39. The molecule has 20 heavy (non-hydrogen) atoms. The summed E-state index contributed by atoms with van der Waals surface area (Å²) >= 11 is 0. The molecule has 2 N–H and O–H groups in total. The fraction of sp³-hybridized carbons (Fsp3) is 0.429. The second-order valence-electron chi connectivity index (χ2n) is 4.76. The third kappa shape index (κ3) is 3.79. The molecule has 2 aromatic rings. The summed E-state index contributed by atoms with van der Waals surface area (Å²) in [6, 6.07) is 8.69. The predicted octanol–water partition coefficient (Wildman–Crippen LogP) is 2.45. The van der Waals surface area contributed by atoms with E-state index >= 15 is 0 Å². The molecule has 0 aliphatic heterocycles. The zero-order valence-corrected chi connectivity index (χ0v) is 12.9. The lowest BCUT2D eigenvalue weighted by molar-refractivity contribution is 0.241. The van der Waals surface area contributed by atoms with Crippen LogP contribution in [0.2, 0.25) is 0 Å². The summed E-state index contributed by atoms with van der Waals surface area (Å²) < 4.78 is 5.01. The minimum Gasteiger partial charge on any atom is -0.338 e. The standard InChI is InChI=1S/C14H20N4O.ClH/c1-10-6-4-5-7-12(10)11(2)18(3)9-13-16-14(8-15)19-17-13;/h4-7,11H,8-9,15H2,1-3H3;1H. The number of nitrogens with zero attached hydrogens (tertiary/aromatic N) is 3. The minimum atomic E-state index is 0. The highest BCUT2D eigenvalue weighted by Crippen LogP contribution is 2.22. The summed E-state index contributed by atoms with van der Waals surface area (Å²) in [6.45, 7) is 5.22.